The number of benzene rings is 1. The van der Waals surface area contributed by atoms with Gasteiger partial charge in [-0.1, -0.05) is 30.3 Å². The highest BCUT2D eigenvalue weighted by Gasteiger charge is 2.17. The van der Waals surface area contributed by atoms with Gasteiger partial charge in [0, 0.05) is 0 Å². The van der Waals surface area contributed by atoms with Crippen LogP contribution < -0.4 is 0 Å². The van der Waals surface area contributed by atoms with Crippen LogP contribution in [0.1, 0.15) is 18.9 Å². The summed E-state index contributed by atoms with van der Waals surface area (Å²) in [7, 11) is 1.26. The number of carbonyl (C=O) groups is 2. The van der Waals surface area contributed by atoms with Gasteiger partial charge in [-0.2, -0.15) is 0 Å². The standard InChI is InChI=1S/C13H16O4/c1-10(12(14)8-13(15)16-2)17-9-11-6-4-3-5-7-11/h3-7,10H,8-9H2,1-2H3. The molecule has 0 bridgehead atoms. The Morgan fingerprint density at radius 1 is 1.24 bits per heavy atom. The molecule has 0 aliphatic heterocycles. The van der Waals surface area contributed by atoms with Crippen molar-refractivity contribution in [2.24, 2.45) is 0 Å². The van der Waals surface area contributed by atoms with E-state index in [0.717, 1.165) is 5.56 Å². The van der Waals surface area contributed by atoms with Crippen LogP contribution in [-0.2, 0) is 25.7 Å². The highest BCUT2D eigenvalue weighted by Crippen LogP contribution is 2.05. The molecule has 0 fully saturated rings. The van der Waals surface area contributed by atoms with Crippen molar-refractivity contribution in [3.05, 3.63) is 35.9 Å². The van der Waals surface area contributed by atoms with Crippen molar-refractivity contribution in [3.63, 3.8) is 0 Å². The Morgan fingerprint density at radius 2 is 1.88 bits per heavy atom. The van der Waals surface area contributed by atoms with E-state index in [-0.39, 0.29) is 12.2 Å². The summed E-state index contributed by atoms with van der Waals surface area (Å²) in [6, 6.07) is 9.55. The zero-order valence-electron chi connectivity index (χ0n) is 10.0. The average molecular weight is 236 g/mol. The molecular weight excluding hydrogens is 220 g/mol. The Kier molecular flexibility index (Phi) is 5.36. The van der Waals surface area contributed by atoms with Crippen molar-refractivity contribution >= 4 is 11.8 Å². The maximum atomic E-state index is 11.5. The van der Waals surface area contributed by atoms with Gasteiger partial charge in [0.05, 0.1) is 13.7 Å². The lowest BCUT2D eigenvalue weighted by atomic mass is 10.2. The van der Waals surface area contributed by atoms with Crippen LogP contribution in [0.15, 0.2) is 30.3 Å². The van der Waals surface area contributed by atoms with Crippen molar-refractivity contribution in [3.8, 4) is 0 Å². The van der Waals surface area contributed by atoms with E-state index >= 15 is 0 Å². The third-order valence-corrected chi connectivity index (χ3v) is 2.34. The summed E-state index contributed by atoms with van der Waals surface area (Å²) >= 11 is 0. The van der Waals surface area contributed by atoms with E-state index < -0.39 is 12.1 Å². The molecule has 0 aromatic heterocycles. The van der Waals surface area contributed by atoms with E-state index in [9.17, 15) is 9.59 Å². The molecule has 0 spiro atoms. The van der Waals surface area contributed by atoms with Gasteiger partial charge in [-0.3, -0.25) is 9.59 Å². The van der Waals surface area contributed by atoms with Crippen LogP contribution in [0.2, 0.25) is 0 Å². The Hall–Kier alpha value is -1.68. The van der Waals surface area contributed by atoms with E-state index in [1.807, 2.05) is 30.3 Å². The lowest BCUT2D eigenvalue weighted by Gasteiger charge is -2.11. The molecule has 92 valence electrons. The van der Waals surface area contributed by atoms with Gasteiger partial charge >= 0.3 is 5.97 Å². The molecule has 4 heteroatoms. The maximum absolute atomic E-state index is 11.5. The van der Waals surface area contributed by atoms with Crippen LogP contribution in [0.3, 0.4) is 0 Å². The zero-order chi connectivity index (χ0) is 12.7. The molecule has 0 aliphatic rings. The van der Waals surface area contributed by atoms with E-state index in [4.69, 9.17) is 4.74 Å². The molecule has 0 amide bonds. The number of Topliss-reactive ketones (excluding diaryl/α,β-unsaturated/α-hetero) is 1. The van der Waals surface area contributed by atoms with E-state index in [1.165, 1.54) is 7.11 Å². The minimum Gasteiger partial charge on any atom is -0.469 e. The SMILES string of the molecule is COC(=O)CC(=O)C(C)OCc1ccccc1. The molecular formula is C13H16O4. The molecule has 1 unspecified atom stereocenters. The first kappa shape index (κ1) is 13.4. The second-order valence-corrected chi connectivity index (χ2v) is 3.66. The normalized spacial score (nSPS) is 11.9. The lowest BCUT2D eigenvalue weighted by molar-refractivity contribution is -0.146. The summed E-state index contributed by atoms with van der Waals surface area (Å²) in [5.74, 6) is -0.807. The van der Waals surface area contributed by atoms with Gasteiger partial charge in [0.1, 0.15) is 12.5 Å². The highest BCUT2D eigenvalue weighted by atomic mass is 16.5. The van der Waals surface area contributed by atoms with Crippen LogP contribution in [0.4, 0.5) is 0 Å². The minimum atomic E-state index is -0.602. The average Bonchev–Trinajstić information content (AvgIpc) is 2.36. The second kappa shape index (κ2) is 6.81. The first-order chi connectivity index (χ1) is 8.13. The summed E-state index contributed by atoms with van der Waals surface area (Å²) in [4.78, 5) is 22.4. The summed E-state index contributed by atoms with van der Waals surface area (Å²) in [6.07, 6.45) is -0.846. The van der Waals surface area contributed by atoms with Gasteiger partial charge in [0.2, 0.25) is 0 Å². The van der Waals surface area contributed by atoms with Crippen molar-refractivity contribution in [1.29, 1.82) is 0 Å². The van der Waals surface area contributed by atoms with Crippen LogP contribution in [0.5, 0.6) is 0 Å². The maximum Gasteiger partial charge on any atom is 0.313 e. The molecule has 0 N–H and O–H groups in total. The molecule has 0 saturated carbocycles. The first-order valence-corrected chi connectivity index (χ1v) is 5.38. The Bertz CT molecular complexity index is 372. The summed E-state index contributed by atoms with van der Waals surface area (Å²) in [6.45, 7) is 1.99. The third-order valence-electron chi connectivity index (χ3n) is 2.34. The van der Waals surface area contributed by atoms with Gasteiger partial charge in [-0.25, -0.2) is 0 Å². The molecule has 0 radical (unpaired) electrons. The molecule has 1 aromatic rings. The van der Waals surface area contributed by atoms with E-state index in [1.54, 1.807) is 6.92 Å². The predicted molar refractivity (Wildman–Crippen MR) is 62.3 cm³/mol. The third kappa shape index (κ3) is 4.78. The number of ketones is 1. The Morgan fingerprint density at radius 3 is 2.47 bits per heavy atom. The quantitative estimate of drug-likeness (QED) is 0.557. The lowest BCUT2D eigenvalue weighted by Crippen LogP contribution is -2.23. The number of esters is 1. The van der Waals surface area contributed by atoms with Crippen molar-refractivity contribution in [2.45, 2.75) is 26.1 Å². The Balaban J connectivity index is 2.37. The molecule has 1 rings (SSSR count). The molecule has 17 heavy (non-hydrogen) atoms. The van der Waals surface area contributed by atoms with Crippen molar-refractivity contribution in [2.75, 3.05) is 7.11 Å². The van der Waals surface area contributed by atoms with E-state index in [0.29, 0.717) is 6.61 Å². The van der Waals surface area contributed by atoms with E-state index in [2.05, 4.69) is 4.74 Å². The monoisotopic (exact) mass is 236 g/mol. The van der Waals surface area contributed by atoms with Crippen molar-refractivity contribution in [1.82, 2.24) is 0 Å². The molecule has 0 saturated heterocycles. The Labute approximate surface area is 101 Å². The van der Waals surface area contributed by atoms with Gasteiger partial charge in [0.25, 0.3) is 0 Å². The fraction of sp³-hybridized carbons (Fsp3) is 0.385. The van der Waals surface area contributed by atoms with Crippen LogP contribution in [-0.4, -0.2) is 25.0 Å². The fourth-order valence-electron chi connectivity index (χ4n) is 1.25. The van der Waals surface area contributed by atoms with Gasteiger partial charge in [0.15, 0.2) is 5.78 Å². The molecule has 1 atom stereocenters. The smallest absolute Gasteiger partial charge is 0.313 e. The van der Waals surface area contributed by atoms with Crippen LogP contribution >= 0.6 is 0 Å². The number of rotatable bonds is 6. The largest absolute Gasteiger partial charge is 0.469 e. The topological polar surface area (TPSA) is 52.6 Å². The number of carbonyl (C=O) groups excluding carboxylic acids is 2. The molecule has 4 nitrogen and oxygen atoms in total. The molecule has 1 aromatic carbocycles. The van der Waals surface area contributed by atoms with Crippen LogP contribution in [0.25, 0.3) is 0 Å². The minimum absolute atomic E-state index is 0.244. The number of methoxy groups -OCH3 is 1. The van der Waals surface area contributed by atoms with Gasteiger partial charge in [-0.15, -0.1) is 0 Å². The number of hydrogen-bond acceptors (Lipinski definition) is 4. The molecule has 0 aliphatic carbocycles. The fourth-order valence-corrected chi connectivity index (χ4v) is 1.25. The van der Waals surface area contributed by atoms with Gasteiger partial charge < -0.3 is 9.47 Å². The summed E-state index contributed by atoms with van der Waals surface area (Å²) in [5, 5.41) is 0. The van der Waals surface area contributed by atoms with Crippen molar-refractivity contribution < 1.29 is 19.1 Å². The zero-order valence-corrected chi connectivity index (χ0v) is 10.0. The number of ether oxygens (including phenoxy) is 2. The number of hydrogen-bond donors (Lipinski definition) is 0. The highest BCUT2D eigenvalue weighted by molar-refractivity contribution is 5.97. The summed E-state index contributed by atoms with van der Waals surface area (Å²) < 4.78 is 9.80. The summed E-state index contributed by atoms with van der Waals surface area (Å²) in [5.41, 5.74) is 0.991. The first-order valence-electron chi connectivity index (χ1n) is 5.38. The second-order valence-electron chi connectivity index (χ2n) is 3.66. The van der Waals surface area contributed by atoms with Crippen LogP contribution in [0, 0.1) is 0 Å². The molecule has 0 heterocycles. The predicted octanol–water partition coefficient (Wildman–Crippen LogP) is 1.72. The van der Waals surface area contributed by atoms with Gasteiger partial charge in [-0.05, 0) is 12.5 Å².